The Labute approximate surface area is 118 Å². The Morgan fingerprint density at radius 2 is 2.00 bits per heavy atom. The minimum atomic E-state index is -0.404. The number of non-ortho nitro benzene ring substituents is 1. The van der Waals surface area contributed by atoms with Crippen LogP contribution in [-0.4, -0.2) is 23.9 Å². The first kappa shape index (κ1) is 16.1. The highest BCUT2D eigenvalue weighted by molar-refractivity contribution is 5.77. The maximum atomic E-state index is 11.4. The number of amides is 1. The van der Waals surface area contributed by atoms with Gasteiger partial charge in [-0.25, -0.2) is 0 Å². The molecule has 2 N–H and O–H groups in total. The summed E-state index contributed by atoms with van der Waals surface area (Å²) in [7, 11) is 0. The lowest BCUT2D eigenvalue weighted by Crippen LogP contribution is -2.35. The van der Waals surface area contributed by atoms with Crippen LogP contribution in [0.25, 0.3) is 0 Å². The molecule has 0 heterocycles. The summed E-state index contributed by atoms with van der Waals surface area (Å²) in [6.07, 6.45) is 0. The van der Waals surface area contributed by atoms with Crippen molar-refractivity contribution in [2.75, 3.05) is 13.1 Å². The van der Waals surface area contributed by atoms with Crippen molar-refractivity contribution >= 4 is 11.6 Å². The van der Waals surface area contributed by atoms with Crippen LogP contribution < -0.4 is 10.6 Å². The Hall–Kier alpha value is -1.95. The van der Waals surface area contributed by atoms with E-state index in [0.29, 0.717) is 13.1 Å². The molecule has 0 fully saturated rings. The van der Waals surface area contributed by atoms with Crippen LogP contribution in [0.15, 0.2) is 24.3 Å². The molecule has 1 unspecified atom stereocenters. The highest BCUT2D eigenvalue weighted by Crippen LogP contribution is 2.18. The summed E-state index contributed by atoms with van der Waals surface area (Å²) in [4.78, 5) is 21.7. The number of carbonyl (C=O) groups excluding carboxylic acids is 1. The zero-order valence-electron chi connectivity index (χ0n) is 12.1. The minimum absolute atomic E-state index is 0.00847. The molecule has 1 amide bonds. The van der Waals surface area contributed by atoms with Gasteiger partial charge in [0.25, 0.3) is 5.69 Å². The van der Waals surface area contributed by atoms with Crippen LogP contribution in [0.1, 0.15) is 32.4 Å². The predicted octanol–water partition coefficient (Wildman–Crippen LogP) is 2.02. The van der Waals surface area contributed by atoms with Crippen LogP contribution in [0.2, 0.25) is 0 Å². The second-order valence-electron chi connectivity index (χ2n) is 4.97. The zero-order valence-corrected chi connectivity index (χ0v) is 12.1. The lowest BCUT2D eigenvalue weighted by atomic mass is 10.1. The molecule has 0 aliphatic rings. The molecule has 0 aliphatic heterocycles. The molecule has 0 radical (unpaired) electrons. The first-order chi connectivity index (χ1) is 9.41. The molecule has 0 saturated heterocycles. The summed E-state index contributed by atoms with van der Waals surface area (Å²) in [6, 6.07) is 6.54. The number of hydrogen-bond donors (Lipinski definition) is 2. The van der Waals surface area contributed by atoms with Gasteiger partial charge in [-0.1, -0.05) is 26.0 Å². The Morgan fingerprint density at radius 1 is 1.30 bits per heavy atom. The maximum Gasteiger partial charge on any atom is 0.269 e. The molecule has 1 aromatic rings. The SMILES string of the molecule is CC(C)C(=O)NCCNC(C)c1cccc([N+](=O)[O-])c1. The number of carbonyl (C=O) groups is 1. The highest BCUT2D eigenvalue weighted by atomic mass is 16.6. The number of nitrogens with one attached hydrogen (secondary N) is 2. The van der Waals surface area contributed by atoms with Gasteiger partial charge in [0.15, 0.2) is 0 Å². The average Bonchev–Trinajstić information content (AvgIpc) is 2.43. The van der Waals surface area contributed by atoms with Gasteiger partial charge in [-0.05, 0) is 12.5 Å². The van der Waals surface area contributed by atoms with Crippen molar-refractivity contribution < 1.29 is 9.72 Å². The fraction of sp³-hybridized carbons (Fsp3) is 0.500. The van der Waals surface area contributed by atoms with E-state index in [1.807, 2.05) is 26.8 Å². The van der Waals surface area contributed by atoms with E-state index < -0.39 is 4.92 Å². The zero-order chi connectivity index (χ0) is 15.1. The summed E-state index contributed by atoms with van der Waals surface area (Å²) >= 11 is 0. The van der Waals surface area contributed by atoms with Crippen molar-refractivity contribution in [3.8, 4) is 0 Å². The molecule has 6 heteroatoms. The Morgan fingerprint density at radius 3 is 2.60 bits per heavy atom. The Kier molecular flexibility index (Phi) is 6.11. The summed E-state index contributed by atoms with van der Waals surface area (Å²) in [6.45, 7) is 6.77. The molecule has 20 heavy (non-hydrogen) atoms. The van der Waals surface area contributed by atoms with Gasteiger partial charge in [-0.3, -0.25) is 14.9 Å². The van der Waals surface area contributed by atoms with Gasteiger partial charge < -0.3 is 10.6 Å². The van der Waals surface area contributed by atoms with Crippen LogP contribution in [0.3, 0.4) is 0 Å². The number of nitrogens with zero attached hydrogens (tertiary/aromatic N) is 1. The van der Waals surface area contributed by atoms with Crippen molar-refractivity contribution in [1.82, 2.24) is 10.6 Å². The first-order valence-corrected chi connectivity index (χ1v) is 6.67. The largest absolute Gasteiger partial charge is 0.355 e. The number of rotatable bonds is 7. The molecule has 0 saturated carbocycles. The Balaban J connectivity index is 2.43. The van der Waals surface area contributed by atoms with E-state index in [-0.39, 0.29) is 23.6 Å². The third kappa shape index (κ3) is 4.97. The number of hydrogen-bond acceptors (Lipinski definition) is 4. The number of nitro groups is 1. The highest BCUT2D eigenvalue weighted by Gasteiger charge is 2.10. The van der Waals surface area contributed by atoms with Gasteiger partial charge in [0.1, 0.15) is 0 Å². The molecule has 110 valence electrons. The van der Waals surface area contributed by atoms with Gasteiger partial charge >= 0.3 is 0 Å². The minimum Gasteiger partial charge on any atom is -0.355 e. The molecule has 0 spiro atoms. The van der Waals surface area contributed by atoms with E-state index in [9.17, 15) is 14.9 Å². The monoisotopic (exact) mass is 279 g/mol. The average molecular weight is 279 g/mol. The second kappa shape index (κ2) is 7.59. The standard InChI is InChI=1S/C14H21N3O3/c1-10(2)14(18)16-8-7-15-11(3)12-5-4-6-13(9-12)17(19)20/h4-6,9-11,15H,7-8H2,1-3H3,(H,16,18). The first-order valence-electron chi connectivity index (χ1n) is 6.67. The van der Waals surface area contributed by atoms with Crippen molar-refractivity contribution in [3.63, 3.8) is 0 Å². The van der Waals surface area contributed by atoms with Crippen molar-refractivity contribution in [1.29, 1.82) is 0 Å². The predicted molar refractivity (Wildman–Crippen MR) is 77.4 cm³/mol. The van der Waals surface area contributed by atoms with Crippen LogP contribution in [0.5, 0.6) is 0 Å². The van der Waals surface area contributed by atoms with Crippen molar-refractivity contribution in [2.45, 2.75) is 26.8 Å². The molecule has 0 bridgehead atoms. The smallest absolute Gasteiger partial charge is 0.269 e. The van der Waals surface area contributed by atoms with Gasteiger partial charge in [0.2, 0.25) is 5.91 Å². The third-order valence-corrected chi connectivity index (χ3v) is 2.98. The van der Waals surface area contributed by atoms with E-state index in [4.69, 9.17) is 0 Å². The topological polar surface area (TPSA) is 84.3 Å². The summed E-state index contributed by atoms with van der Waals surface area (Å²) in [5.74, 6) is -0.000927. The Bertz CT molecular complexity index is 474. The summed E-state index contributed by atoms with van der Waals surface area (Å²) in [5.41, 5.74) is 0.943. The van der Waals surface area contributed by atoms with Crippen molar-refractivity contribution in [3.05, 3.63) is 39.9 Å². The fourth-order valence-electron chi connectivity index (χ4n) is 1.70. The van der Waals surface area contributed by atoms with Crippen molar-refractivity contribution in [2.24, 2.45) is 5.92 Å². The van der Waals surface area contributed by atoms with E-state index in [1.54, 1.807) is 12.1 Å². The lowest BCUT2D eigenvalue weighted by Gasteiger charge is -2.15. The third-order valence-electron chi connectivity index (χ3n) is 2.98. The van der Waals surface area contributed by atoms with Crippen LogP contribution in [0, 0.1) is 16.0 Å². The number of nitro benzene ring substituents is 1. The molecule has 1 aromatic carbocycles. The second-order valence-corrected chi connectivity index (χ2v) is 4.97. The molecule has 6 nitrogen and oxygen atoms in total. The van der Waals surface area contributed by atoms with Gasteiger partial charge in [0, 0.05) is 37.2 Å². The van der Waals surface area contributed by atoms with Crippen LogP contribution in [-0.2, 0) is 4.79 Å². The quantitative estimate of drug-likeness (QED) is 0.454. The number of benzene rings is 1. The van der Waals surface area contributed by atoms with E-state index in [0.717, 1.165) is 5.56 Å². The molecule has 1 atom stereocenters. The summed E-state index contributed by atoms with van der Waals surface area (Å²) < 4.78 is 0. The lowest BCUT2D eigenvalue weighted by molar-refractivity contribution is -0.384. The normalized spacial score (nSPS) is 12.2. The molecule has 0 aromatic heterocycles. The molecule has 0 aliphatic carbocycles. The molecular weight excluding hydrogens is 258 g/mol. The van der Waals surface area contributed by atoms with Crippen LogP contribution in [0.4, 0.5) is 5.69 Å². The van der Waals surface area contributed by atoms with Gasteiger partial charge in [-0.15, -0.1) is 0 Å². The van der Waals surface area contributed by atoms with Crippen LogP contribution >= 0.6 is 0 Å². The van der Waals surface area contributed by atoms with Gasteiger partial charge in [-0.2, -0.15) is 0 Å². The van der Waals surface area contributed by atoms with E-state index >= 15 is 0 Å². The fourth-order valence-corrected chi connectivity index (χ4v) is 1.70. The van der Waals surface area contributed by atoms with E-state index in [1.165, 1.54) is 6.07 Å². The molecular formula is C14H21N3O3. The summed E-state index contributed by atoms with van der Waals surface area (Å²) in [5, 5.41) is 16.7. The maximum absolute atomic E-state index is 11.4. The van der Waals surface area contributed by atoms with Gasteiger partial charge in [0.05, 0.1) is 4.92 Å². The van der Waals surface area contributed by atoms with E-state index in [2.05, 4.69) is 10.6 Å². The molecule has 1 rings (SSSR count).